The topological polar surface area (TPSA) is 33.4 Å². The van der Waals surface area contributed by atoms with Crippen LogP contribution in [0.4, 0.5) is 0 Å². The lowest BCUT2D eigenvalue weighted by Crippen LogP contribution is -2.30. The third kappa shape index (κ3) is 2.47. The molecule has 1 fully saturated rings. The Kier molecular flexibility index (Phi) is 3.68. The van der Waals surface area contributed by atoms with Crippen LogP contribution < -0.4 is 0 Å². The molecule has 4 heterocycles. The van der Waals surface area contributed by atoms with Gasteiger partial charge in [-0.05, 0) is 38.1 Å². The van der Waals surface area contributed by atoms with Crippen molar-refractivity contribution in [1.29, 1.82) is 0 Å². The largest absolute Gasteiger partial charge is 0.347 e. The summed E-state index contributed by atoms with van der Waals surface area (Å²) in [5.74, 6) is 0. The van der Waals surface area contributed by atoms with Crippen molar-refractivity contribution >= 4 is 16.9 Å². The zero-order valence-electron chi connectivity index (χ0n) is 13.8. The average molecular weight is 326 g/mol. The van der Waals surface area contributed by atoms with Gasteiger partial charge in [-0.25, -0.2) is 0 Å². The molecule has 0 spiro atoms. The highest BCUT2D eigenvalue weighted by molar-refractivity contribution is 8.14. The first-order valence-corrected chi connectivity index (χ1v) is 9.12. The summed E-state index contributed by atoms with van der Waals surface area (Å²) in [6.07, 6.45) is 4.05. The minimum Gasteiger partial charge on any atom is -0.347 e. The third-order valence-corrected chi connectivity index (χ3v) is 5.65. The maximum Gasteiger partial charge on any atom is 0.160 e. The molecule has 0 aromatic carbocycles. The second-order valence-corrected chi connectivity index (χ2v) is 7.98. The van der Waals surface area contributed by atoms with Crippen LogP contribution in [0.1, 0.15) is 50.3 Å². The van der Waals surface area contributed by atoms with Gasteiger partial charge in [0.15, 0.2) is 5.17 Å². The summed E-state index contributed by atoms with van der Waals surface area (Å²) in [7, 11) is 0. The number of nitrogens with zero attached hydrogens (tertiary/aromatic N) is 4. The van der Waals surface area contributed by atoms with Crippen LogP contribution in [-0.4, -0.2) is 31.4 Å². The first kappa shape index (κ1) is 14.8. The van der Waals surface area contributed by atoms with E-state index in [2.05, 4.69) is 65.7 Å². The van der Waals surface area contributed by atoms with E-state index in [4.69, 9.17) is 4.99 Å². The summed E-state index contributed by atoms with van der Waals surface area (Å²) < 4.78 is 2.37. The van der Waals surface area contributed by atoms with E-state index in [1.807, 2.05) is 24.0 Å². The van der Waals surface area contributed by atoms with Crippen LogP contribution >= 0.6 is 11.8 Å². The predicted molar refractivity (Wildman–Crippen MR) is 95.7 cm³/mol. The van der Waals surface area contributed by atoms with Crippen LogP contribution in [0.2, 0.25) is 0 Å². The quantitative estimate of drug-likeness (QED) is 0.853. The predicted octanol–water partition coefficient (Wildman–Crippen LogP) is 4.05. The highest BCUT2D eigenvalue weighted by Gasteiger charge is 2.44. The molecule has 120 valence electrons. The van der Waals surface area contributed by atoms with Gasteiger partial charge in [-0.15, -0.1) is 0 Å². The molecule has 0 saturated carbocycles. The lowest BCUT2D eigenvalue weighted by molar-refractivity contribution is 0.302. The lowest BCUT2D eigenvalue weighted by atomic mass is 10.0. The molecule has 2 aromatic rings. The Hall–Kier alpha value is -1.75. The van der Waals surface area contributed by atoms with Gasteiger partial charge in [0.25, 0.3) is 0 Å². The molecule has 0 radical (unpaired) electrons. The Morgan fingerprint density at radius 3 is 2.83 bits per heavy atom. The Morgan fingerprint density at radius 2 is 2.09 bits per heavy atom. The van der Waals surface area contributed by atoms with Crippen LogP contribution in [0.15, 0.2) is 47.7 Å². The van der Waals surface area contributed by atoms with Gasteiger partial charge < -0.3 is 9.47 Å². The Bertz CT molecular complexity index is 722. The normalized spacial score (nSPS) is 26.7. The number of aromatic nitrogens is 2. The van der Waals surface area contributed by atoms with E-state index >= 15 is 0 Å². The van der Waals surface area contributed by atoms with Crippen LogP contribution in [0.3, 0.4) is 0 Å². The van der Waals surface area contributed by atoms with Crippen molar-refractivity contribution in [3.63, 3.8) is 0 Å². The number of aliphatic imine (C=N–C) groups is 1. The molecule has 0 aliphatic carbocycles. The number of hydrogen-bond donors (Lipinski definition) is 0. The molecule has 0 unspecified atom stereocenters. The molecule has 4 rings (SSSR count). The van der Waals surface area contributed by atoms with E-state index < -0.39 is 0 Å². The van der Waals surface area contributed by atoms with Gasteiger partial charge in [0.2, 0.25) is 0 Å². The summed E-state index contributed by atoms with van der Waals surface area (Å²) in [6, 6.07) is 11.3. The van der Waals surface area contributed by atoms with E-state index in [1.165, 1.54) is 10.9 Å². The van der Waals surface area contributed by atoms with Gasteiger partial charge in [0, 0.05) is 35.9 Å². The van der Waals surface area contributed by atoms with Gasteiger partial charge >= 0.3 is 0 Å². The van der Waals surface area contributed by atoms with E-state index in [-0.39, 0.29) is 12.1 Å². The molecule has 0 N–H and O–H groups in total. The van der Waals surface area contributed by atoms with E-state index in [1.54, 1.807) is 0 Å². The average Bonchev–Trinajstić information content (AvgIpc) is 3.21. The fourth-order valence-electron chi connectivity index (χ4n) is 3.57. The van der Waals surface area contributed by atoms with Gasteiger partial charge in [-0.3, -0.25) is 9.98 Å². The molecule has 23 heavy (non-hydrogen) atoms. The van der Waals surface area contributed by atoms with Crippen molar-refractivity contribution in [2.24, 2.45) is 4.99 Å². The molecule has 3 atom stereocenters. The van der Waals surface area contributed by atoms with Gasteiger partial charge in [0.1, 0.15) is 6.04 Å². The van der Waals surface area contributed by atoms with Crippen molar-refractivity contribution in [2.45, 2.75) is 44.1 Å². The molecular formula is C18H22N4S. The maximum atomic E-state index is 5.04. The summed E-state index contributed by atoms with van der Waals surface area (Å²) in [5, 5.41) is 1.78. The van der Waals surface area contributed by atoms with Crippen molar-refractivity contribution in [1.82, 2.24) is 14.5 Å². The fraction of sp³-hybridized carbons (Fsp3) is 0.444. The molecule has 1 saturated heterocycles. The third-order valence-electron chi connectivity index (χ3n) is 4.55. The van der Waals surface area contributed by atoms with Crippen LogP contribution in [0, 0.1) is 0 Å². The number of amidine groups is 1. The number of fused-ring (bicyclic) bond motifs is 1. The highest BCUT2D eigenvalue weighted by atomic mass is 32.2. The molecule has 4 nitrogen and oxygen atoms in total. The molecular weight excluding hydrogens is 304 g/mol. The minimum absolute atomic E-state index is 0.0820. The fourth-order valence-corrected chi connectivity index (χ4v) is 4.66. The van der Waals surface area contributed by atoms with E-state index in [0.29, 0.717) is 11.3 Å². The van der Waals surface area contributed by atoms with Gasteiger partial charge in [-0.1, -0.05) is 24.8 Å². The summed E-state index contributed by atoms with van der Waals surface area (Å²) >= 11 is 1.89. The summed E-state index contributed by atoms with van der Waals surface area (Å²) in [4.78, 5) is 12.1. The van der Waals surface area contributed by atoms with Crippen molar-refractivity contribution in [2.75, 3.05) is 6.54 Å². The smallest absolute Gasteiger partial charge is 0.160 e. The SMILES string of the molecule is CC(C)n1cccc1[C@H]1[C@H](c2ccccn2)N=C2S[C@H](C)CN21. The standard InChI is InChI=1S/C18H22N4S/c1-12(2)21-10-6-8-15(21)17-16(14-7-4-5-9-19-14)20-18-22(17)11-13(3)23-18/h4-10,12-13,16-17H,11H2,1-3H3/t13-,16+,17+/m1/s1. The Labute approximate surface area is 141 Å². The summed E-state index contributed by atoms with van der Waals surface area (Å²) in [6.45, 7) is 7.80. The van der Waals surface area contributed by atoms with Gasteiger partial charge in [-0.2, -0.15) is 0 Å². The summed E-state index contributed by atoms with van der Waals surface area (Å²) in [5.41, 5.74) is 2.40. The van der Waals surface area contributed by atoms with Crippen LogP contribution in [-0.2, 0) is 0 Å². The van der Waals surface area contributed by atoms with E-state index in [0.717, 1.165) is 12.2 Å². The number of hydrogen-bond acceptors (Lipinski definition) is 4. The molecule has 2 aliphatic heterocycles. The highest BCUT2D eigenvalue weighted by Crippen LogP contribution is 2.47. The molecule has 2 aliphatic rings. The monoisotopic (exact) mass is 326 g/mol. The molecule has 5 heteroatoms. The van der Waals surface area contributed by atoms with Crippen LogP contribution in [0.25, 0.3) is 0 Å². The second-order valence-electron chi connectivity index (χ2n) is 6.57. The van der Waals surface area contributed by atoms with Gasteiger partial charge in [0.05, 0.1) is 11.7 Å². The Morgan fingerprint density at radius 1 is 1.22 bits per heavy atom. The number of pyridine rings is 1. The van der Waals surface area contributed by atoms with E-state index in [9.17, 15) is 0 Å². The zero-order chi connectivity index (χ0) is 16.0. The van der Waals surface area contributed by atoms with Crippen molar-refractivity contribution in [3.05, 3.63) is 54.1 Å². The molecule has 0 amide bonds. The van der Waals surface area contributed by atoms with Crippen LogP contribution in [0.5, 0.6) is 0 Å². The number of thioether (sulfide) groups is 1. The zero-order valence-corrected chi connectivity index (χ0v) is 14.6. The first-order valence-electron chi connectivity index (χ1n) is 8.24. The number of rotatable bonds is 3. The lowest BCUT2D eigenvalue weighted by Gasteiger charge is -2.29. The minimum atomic E-state index is 0.0820. The second kappa shape index (κ2) is 5.71. The molecule has 2 aromatic heterocycles. The van der Waals surface area contributed by atoms with Crippen molar-refractivity contribution in [3.8, 4) is 0 Å². The maximum absolute atomic E-state index is 5.04. The molecule has 0 bridgehead atoms. The van der Waals surface area contributed by atoms with Crippen molar-refractivity contribution < 1.29 is 0 Å². The Balaban J connectivity index is 1.79. The first-order chi connectivity index (χ1) is 11.1.